The van der Waals surface area contributed by atoms with Crippen LogP contribution in [-0.2, 0) is 7.05 Å². The Bertz CT molecular complexity index is 253. The van der Waals surface area contributed by atoms with Crippen molar-refractivity contribution in [2.75, 3.05) is 13.1 Å². The summed E-state index contributed by atoms with van der Waals surface area (Å²) in [6.45, 7) is 1.99. The van der Waals surface area contributed by atoms with Gasteiger partial charge in [-0.2, -0.15) is 0 Å². The summed E-state index contributed by atoms with van der Waals surface area (Å²) in [6, 6.07) is 1.89. The summed E-state index contributed by atoms with van der Waals surface area (Å²) in [6.07, 6.45) is 3.27. The molecule has 0 aliphatic carbocycles. The maximum Gasteiger partial charge on any atom is 0.233 e. The van der Waals surface area contributed by atoms with Crippen LogP contribution in [0, 0.1) is 0 Å². The van der Waals surface area contributed by atoms with Crippen molar-refractivity contribution in [3.8, 4) is 5.88 Å². The van der Waals surface area contributed by atoms with E-state index in [9.17, 15) is 0 Å². The van der Waals surface area contributed by atoms with E-state index in [1.165, 1.54) is 0 Å². The third kappa shape index (κ3) is 1.58. The maximum absolute atomic E-state index is 5.60. The highest BCUT2D eigenvalue weighted by atomic mass is 16.5. The largest absolute Gasteiger partial charge is 0.472 e. The van der Waals surface area contributed by atoms with Crippen LogP contribution in [0.15, 0.2) is 12.3 Å². The van der Waals surface area contributed by atoms with E-state index in [0.717, 1.165) is 25.4 Å². The quantitative estimate of drug-likeness (QED) is 0.682. The fourth-order valence-corrected chi connectivity index (χ4v) is 1.36. The zero-order chi connectivity index (χ0) is 8.39. The van der Waals surface area contributed by atoms with Gasteiger partial charge in [0, 0.05) is 25.9 Å². The second kappa shape index (κ2) is 3.15. The number of aryl methyl sites for hydroxylation is 1. The number of aromatic nitrogens is 2. The third-order valence-corrected chi connectivity index (χ3v) is 1.99. The van der Waals surface area contributed by atoms with Gasteiger partial charge in [-0.05, 0) is 13.0 Å². The number of hydrogen-bond donors (Lipinski definition) is 1. The van der Waals surface area contributed by atoms with E-state index in [4.69, 9.17) is 4.74 Å². The van der Waals surface area contributed by atoms with Crippen molar-refractivity contribution in [1.82, 2.24) is 15.1 Å². The SMILES string of the molecule is Cn1ccc(OC2CCNC2)n1. The molecule has 0 saturated carbocycles. The minimum absolute atomic E-state index is 0.305. The van der Waals surface area contributed by atoms with Gasteiger partial charge in [-0.1, -0.05) is 0 Å². The zero-order valence-electron chi connectivity index (χ0n) is 7.16. The Morgan fingerprint density at radius 1 is 1.75 bits per heavy atom. The first-order valence-electron chi connectivity index (χ1n) is 4.21. The lowest BCUT2D eigenvalue weighted by molar-refractivity contribution is 0.212. The van der Waals surface area contributed by atoms with E-state index in [-0.39, 0.29) is 0 Å². The third-order valence-electron chi connectivity index (χ3n) is 1.99. The minimum atomic E-state index is 0.305. The number of ether oxygens (including phenoxy) is 1. The van der Waals surface area contributed by atoms with Gasteiger partial charge in [0.15, 0.2) is 0 Å². The molecule has 1 unspecified atom stereocenters. The first-order chi connectivity index (χ1) is 5.84. The zero-order valence-corrected chi connectivity index (χ0v) is 7.16. The highest BCUT2D eigenvalue weighted by molar-refractivity contribution is 5.06. The van der Waals surface area contributed by atoms with E-state index in [0.29, 0.717) is 6.10 Å². The lowest BCUT2D eigenvalue weighted by atomic mass is 10.3. The van der Waals surface area contributed by atoms with Crippen molar-refractivity contribution < 1.29 is 4.74 Å². The van der Waals surface area contributed by atoms with Crippen LogP contribution < -0.4 is 10.1 Å². The number of hydrogen-bond acceptors (Lipinski definition) is 3. The fraction of sp³-hybridized carbons (Fsp3) is 0.625. The monoisotopic (exact) mass is 167 g/mol. The maximum atomic E-state index is 5.60. The summed E-state index contributed by atoms with van der Waals surface area (Å²) >= 11 is 0. The van der Waals surface area contributed by atoms with Crippen LogP contribution in [0.4, 0.5) is 0 Å². The van der Waals surface area contributed by atoms with E-state index < -0.39 is 0 Å². The summed E-state index contributed by atoms with van der Waals surface area (Å²) in [5.74, 6) is 0.728. The molecule has 4 heteroatoms. The van der Waals surface area contributed by atoms with E-state index >= 15 is 0 Å². The Kier molecular flexibility index (Phi) is 1.99. The first kappa shape index (κ1) is 7.61. The van der Waals surface area contributed by atoms with E-state index in [1.807, 2.05) is 19.3 Å². The van der Waals surface area contributed by atoms with Crippen LogP contribution in [-0.4, -0.2) is 29.0 Å². The van der Waals surface area contributed by atoms with Gasteiger partial charge in [0.05, 0.1) is 0 Å². The van der Waals surface area contributed by atoms with Gasteiger partial charge in [0.2, 0.25) is 5.88 Å². The van der Waals surface area contributed by atoms with Gasteiger partial charge in [0.1, 0.15) is 6.10 Å². The molecule has 66 valence electrons. The van der Waals surface area contributed by atoms with E-state index in [1.54, 1.807) is 4.68 Å². The molecule has 4 nitrogen and oxygen atoms in total. The normalized spacial score (nSPS) is 22.9. The number of nitrogens with one attached hydrogen (secondary N) is 1. The molecule has 1 atom stereocenters. The Labute approximate surface area is 71.5 Å². The average Bonchev–Trinajstić information content (AvgIpc) is 2.63. The Hall–Kier alpha value is -1.03. The fourth-order valence-electron chi connectivity index (χ4n) is 1.36. The molecule has 1 aliphatic heterocycles. The highest BCUT2D eigenvalue weighted by Gasteiger charge is 2.16. The Morgan fingerprint density at radius 3 is 3.25 bits per heavy atom. The molecular formula is C8H13N3O. The molecule has 1 fully saturated rings. The lowest BCUT2D eigenvalue weighted by Gasteiger charge is -2.08. The van der Waals surface area contributed by atoms with Crippen molar-refractivity contribution >= 4 is 0 Å². The summed E-state index contributed by atoms with van der Waals surface area (Å²) < 4.78 is 7.35. The Morgan fingerprint density at radius 2 is 2.67 bits per heavy atom. The molecule has 0 amide bonds. The van der Waals surface area contributed by atoms with Crippen LogP contribution in [0.3, 0.4) is 0 Å². The molecular weight excluding hydrogens is 154 g/mol. The van der Waals surface area contributed by atoms with Gasteiger partial charge >= 0.3 is 0 Å². The summed E-state index contributed by atoms with van der Waals surface area (Å²) in [5.41, 5.74) is 0. The predicted molar refractivity (Wildman–Crippen MR) is 45.1 cm³/mol. The lowest BCUT2D eigenvalue weighted by Crippen LogP contribution is -2.19. The second-order valence-corrected chi connectivity index (χ2v) is 3.06. The predicted octanol–water partition coefficient (Wildman–Crippen LogP) is 0.161. The highest BCUT2D eigenvalue weighted by Crippen LogP contribution is 2.10. The minimum Gasteiger partial charge on any atom is -0.472 e. The first-order valence-corrected chi connectivity index (χ1v) is 4.21. The van der Waals surface area contributed by atoms with Crippen molar-refractivity contribution in [2.24, 2.45) is 7.05 Å². The van der Waals surface area contributed by atoms with Gasteiger partial charge < -0.3 is 10.1 Å². The van der Waals surface area contributed by atoms with Gasteiger partial charge in [0.25, 0.3) is 0 Å². The van der Waals surface area contributed by atoms with Gasteiger partial charge in [-0.3, -0.25) is 4.68 Å². The van der Waals surface area contributed by atoms with Crippen LogP contribution in [0.25, 0.3) is 0 Å². The van der Waals surface area contributed by atoms with Crippen LogP contribution in [0.5, 0.6) is 5.88 Å². The molecule has 1 aromatic rings. The van der Waals surface area contributed by atoms with Crippen LogP contribution >= 0.6 is 0 Å². The summed E-state index contributed by atoms with van der Waals surface area (Å²) in [5, 5.41) is 7.38. The van der Waals surface area contributed by atoms with Crippen molar-refractivity contribution in [3.63, 3.8) is 0 Å². The van der Waals surface area contributed by atoms with Gasteiger partial charge in [-0.15, -0.1) is 5.10 Å². The molecule has 2 rings (SSSR count). The molecule has 12 heavy (non-hydrogen) atoms. The molecule has 1 aromatic heterocycles. The number of rotatable bonds is 2. The smallest absolute Gasteiger partial charge is 0.233 e. The molecule has 1 saturated heterocycles. The molecule has 0 spiro atoms. The second-order valence-electron chi connectivity index (χ2n) is 3.06. The average molecular weight is 167 g/mol. The van der Waals surface area contributed by atoms with Crippen molar-refractivity contribution in [3.05, 3.63) is 12.3 Å². The molecule has 2 heterocycles. The van der Waals surface area contributed by atoms with Crippen LogP contribution in [0.2, 0.25) is 0 Å². The molecule has 1 aliphatic rings. The molecule has 0 radical (unpaired) electrons. The topological polar surface area (TPSA) is 39.1 Å². The van der Waals surface area contributed by atoms with Gasteiger partial charge in [-0.25, -0.2) is 0 Å². The molecule has 0 bridgehead atoms. The molecule has 1 N–H and O–H groups in total. The molecule has 0 aromatic carbocycles. The standard InChI is InChI=1S/C8H13N3O/c1-11-5-3-8(10-11)12-7-2-4-9-6-7/h3,5,7,9H,2,4,6H2,1H3. The van der Waals surface area contributed by atoms with Crippen LogP contribution in [0.1, 0.15) is 6.42 Å². The summed E-state index contributed by atoms with van der Waals surface area (Å²) in [4.78, 5) is 0. The van der Waals surface area contributed by atoms with E-state index in [2.05, 4.69) is 10.4 Å². The summed E-state index contributed by atoms with van der Waals surface area (Å²) in [7, 11) is 1.89. The number of nitrogens with zero attached hydrogens (tertiary/aromatic N) is 2. The Balaban J connectivity index is 1.94. The van der Waals surface area contributed by atoms with Crippen molar-refractivity contribution in [2.45, 2.75) is 12.5 Å². The van der Waals surface area contributed by atoms with Crippen molar-refractivity contribution in [1.29, 1.82) is 0 Å².